The van der Waals surface area contributed by atoms with Crippen molar-refractivity contribution in [2.75, 3.05) is 5.73 Å². The molecular formula is C9H6INOS. The van der Waals surface area contributed by atoms with Gasteiger partial charge in [-0.05, 0) is 40.8 Å². The van der Waals surface area contributed by atoms with Gasteiger partial charge in [0.15, 0.2) is 6.29 Å². The molecule has 2 rings (SSSR count). The first kappa shape index (κ1) is 8.96. The van der Waals surface area contributed by atoms with Crippen molar-refractivity contribution in [3.63, 3.8) is 0 Å². The molecule has 0 unspecified atom stereocenters. The molecule has 1 heterocycles. The molecule has 2 nitrogen and oxygen atoms in total. The normalized spacial score (nSPS) is 10.5. The molecule has 2 aromatic rings. The van der Waals surface area contributed by atoms with Crippen LogP contribution in [0.15, 0.2) is 18.2 Å². The Labute approximate surface area is 92.9 Å². The van der Waals surface area contributed by atoms with Gasteiger partial charge in [0.1, 0.15) is 0 Å². The number of fused-ring (bicyclic) bond motifs is 1. The van der Waals surface area contributed by atoms with Gasteiger partial charge in [0.2, 0.25) is 0 Å². The van der Waals surface area contributed by atoms with E-state index in [0.29, 0.717) is 0 Å². The molecular weight excluding hydrogens is 297 g/mol. The Morgan fingerprint density at radius 2 is 2.23 bits per heavy atom. The number of anilines is 1. The molecule has 0 aliphatic heterocycles. The molecule has 4 heteroatoms. The predicted molar refractivity (Wildman–Crippen MR) is 64.3 cm³/mol. The lowest BCUT2D eigenvalue weighted by Gasteiger charge is -1.96. The third kappa shape index (κ3) is 1.44. The number of carbonyl (C=O) groups is 1. The van der Waals surface area contributed by atoms with Crippen LogP contribution in [-0.2, 0) is 0 Å². The summed E-state index contributed by atoms with van der Waals surface area (Å²) in [7, 11) is 0. The molecule has 1 aromatic carbocycles. The van der Waals surface area contributed by atoms with Gasteiger partial charge in [-0.2, -0.15) is 0 Å². The van der Waals surface area contributed by atoms with E-state index in [4.69, 9.17) is 5.73 Å². The van der Waals surface area contributed by atoms with Gasteiger partial charge < -0.3 is 5.73 Å². The highest BCUT2D eigenvalue weighted by atomic mass is 127. The highest BCUT2D eigenvalue weighted by molar-refractivity contribution is 14.1. The Balaban J connectivity index is 2.87. The number of nitrogens with two attached hydrogens (primary N) is 1. The topological polar surface area (TPSA) is 43.1 Å². The van der Waals surface area contributed by atoms with E-state index in [1.165, 1.54) is 11.3 Å². The van der Waals surface area contributed by atoms with Crippen molar-refractivity contribution in [3.8, 4) is 0 Å². The molecule has 0 aliphatic rings. The van der Waals surface area contributed by atoms with Crippen LogP contribution in [0, 0.1) is 3.57 Å². The van der Waals surface area contributed by atoms with Gasteiger partial charge in [0, 0.05) is 14.6 Å². The van der Waals surface area contributed by atoms with Crippen LogP contribution >= 0.6 is 33.9 Å². The van der Waals surface area contributed by atoms with E-state index < -0.39 is 0 Å². The molecule has 0 fully saturated rings. The third-order valence-electron chi connectivity index (χ3n) is 1.80. The van der Waals surface area contributed by atoms with Gasteiger partial charge in [-0.3, -0.25) is 4.79 Å². The van der Waals surface area contributed by atoms with Crippen LogP contribution in [0.2, 0.25) is 0 Å². The summed E-state index contributed by atoms with van der Waals surface area (Å²) in [6.07, 6.45) is 0.861. The fourth-order valence-electron chi connectivity index (χ4n) is 1.19. The lowest BCUT2D eigenvalue weighted by Crippen LogP contribution is -1.84. The van der Waals surface area contributed by atoms with E-state index in [9.17, 15) is 4.79 Å². The lowest BCUT2D eigenvalue weighted by molar-refractivity contribution is 0.112. The standard InChI is InChI=1S/C9H6INOS/c10-7-1-2-8(11)6-3-5(4-12)13-9(6)7/h1-4H,11H2. The number of halogens is 1. The Kier molecular flexibility index (Phi) is 2.25. The van der Waals surface area contributed by atoms with Gasteiger partial charge >= 0.3 is 0 Å². The maximum Gasteiger partial charge on any atom is 0.160 e. The summed E-state index contributed by atoms with van der Waals surface area (Å²) in [5, 5.41) is 0.985. The Hall–Kier alpha value is -0.620. The van der Waals surface area contributed by atoms with E-state index >= 15 is 0 Å². The Bertz CT molecular complexity index is 439. The van der Waals surface area contributed by atoms with Crippen LogP contribution in [0.5, 0.6) is 0 Å². The van der Waals surface area contributed by atoms with Gasteiger partial charge in [-0.25, -0.2) is 0 Å². The van der Waals surface area contributed by atoms with Gasteiger partial charge in [0.25, 0.3) is 0 Å². The third-order valence-corrected chi connectivity index (χ3v) is 4.16. The van der Waals surface area contributed by atoms with Gasteiger partial charge in [0.05, 0.1) is 9.58 Å². The zero-order chi connectivity index (χ0) is 9.42. The fourth-order valence-corrected chi connectivity index (χ4v) is 2.90. The second kappa shape index (κ2) is 3.26. The van der Waals surface area contributed by atoms with Crippen molar-refractivity contribution in [2.45, 2.75) is 0 Å². The molecule has 2 N–H and O–H groups in total. The average molecular weight is 303 g/mol. The summed E-state index contributed by atoms with van der Waals surface area (Å²) < 4.78 is 2.24. The molecule has 0 atom stereocenters. The van der Waals surface area contributed by atoms with E-state index in [2.05, 4.69) is 22.6 Å². The summed E-state index contributed by atoms with van der Waals surface area (Å²) in [5.41, 5.74) is 6.52. The van der Waals surface area contributed by atoms with Gasteiger partial charge in [-0.1, -0.05) is 0 Å². The maximum atomic E-state index is 10.6. The van der Waals surface area contributed by atoms with Crippen LogP contribution in [0.3, 0.4) is 0 Å². The Morgan fingerprint density at radius 1 is 1.46 bits per heavy atom. The van der Waals surface area contributed by atoms with Crippen LogP contribution in [-0.4, -0.2) is 6.29 Å². The highest BCUT2D eigenvalue weighted by Crippen LogP contribution is 2.32. The van der Waals surface area contributed by atoms with Crippen LogP contribution < -0.4 is 5.73 Å². The first-order valence-electron chi connectivity index (χ1n) is 3.65. The van der Waals surface area contributed by atoms with Crippen LogP contribution in [0.1, 0.15) is 9.67 Å². The van der Waals surface area contributed by atoms with E-state index in [-0.39, 0.29) is 0 Å². The molecule has 0 saturated heterocycles. The average Bonchev–Trinajstić information content (AvgIpc) is 2.56. The number of nitrogen functional groups attached to an aromatic ring is 1. The predicted octanol–water partition coefficient (Wildman–Crippen LogP) is 2.90. The maximum absolute atomic E-state index is 10.6. The molecule has 0 saturated carbocycles. The molecule has 0 bridgehead atoms. The second-order valence-corrected chi connectivity index (χ2v) is 4.89. The van der Waals surface area contributed by atoms with Crippen LogP contribution in [0.25, 0.3) is 10.1 Å². The summed E-state index contributed by atoms with van der Waals surface area (Å²) >= 11 is 3.73. The lowest BCUT2D eigenvalue weighted by atomic mass is 10.2. The minimum absolute atomic E-state index is 0.728. The van der Waals surface area contributed by atoms with Crippen molar-refractivity contribution in [3.05, 3.63) is 26.6 Å². The molecule has 1 aromatic heterocycles. The first-order valence-corrected chi connectivity index (χ1v) is 5.54. The van der Waals surface area contributed by atoms with Crippen molar-refractivity contribution in [2.24, 2.45) is 0 Å². The summed E-state index contributed by atoms with van der Waals surface area (Å²) in [6, 6.07) is 5.67. The number of benzene rings is 1. The minimum atomic E-state index is 0.728. The number of rotatable bonds is 1. The van der Waals surface area contributed by atoms with Crippen LogP contribution in [0.4, 0.5) is 5.69 Å². The smallest absolute Gasteiger partial charge is 0.160 e. The van der Waals surface area contributed by atoms with E-state index in [1.54, 1.807) is 0 Å². The second-order valence-electron chi connectivity index (χ2n) is 2.65. The van der Waals surface area contributed by atoms with Gasteiger partial charge in [-0.15, -0.1) is 11.3 Å². The monoisotopic (exact) mass is 303 g/mol. The number of carbonyl (C=O) groups excluding carboxylic acids is 1. The molecule has 13 heavy (non-hydrogen) atoms. The van der Waals surface area contributed by atoms with Crippen molar-refractivity contribution in [1.82, 2.24) is 0 Å². The summed E-state index contributed by atoms with van der Waals surface area (Å²) in [6.45, 7) is 0. The minimum Gasteiger partial charge on any atom is -0.398 e. The van der Waals surface area contributed by atoms with E-state index in [0.717, 1.165) is 30.5 Å². The summed E-state index contributed by atoms with van der Waals surface area (Å²) in [4.78, 5) is 11.3. The fraction of sp³-hybridized carbons (Fsp3) is 0. The number of hydrogen-bond donors (Lipinski definition) is 1. The summed E-state index contributed by atoms with van der Waals surface area (Å²) in [5.74, 6) is 0. The van der Waals surface area contributed by atoms with Crippen molar-refractivity contribution >= 4 is 56.0 Å². The molecule has 66 valence electrons. The molecule has 0 amide bonds. The van der Waals surface area contributed by atoms with E-state index in [1.807, 2.05) is 18.2 Å². The first-order chi connectivity index (χ1) is 6.22. The zero-order valence-corrected chi connectivity index (χ0v) is 9.56. The largest absolute Gasteiger partial charge is 0.398 e. The number of aldehydes is 1. The molecule has 0 spiro atoms. The number of hydrogen-bond acceptors (Lipinski definition) is 3. The quantitative estimate of drug-likeness (QED) is 0.500. The van der Waals surface area contributed by atoms with Crippen molar-refractivity contribution in [1.29, 1.82) is 0 Å². The molecule has 0 aliphatic carbocycles. The molecule has 0 radical (unpaired) electrons. The van der Waals surface area contributed by atoms with Crippen molar-refractivity contribution < 1.29 is 4.79 Å². The SMILES string of the molecule is Nc1ccc(I)c2sc(C=O)cc12. The highest BCUT2D eigenvalue weighted by Gasteiger charge is 2.06. The number of thiophene rings is 1. The zero-order valence-electron chi connectivity index (χ0n) is 6.58. The Morgan fingerprint density at radius 3 is 2.85 bits per heavy atom.